The summed E-state index contributed by atoms with van der Waals surface area (Å²) in [5.74, 6) is -0.227. The summed E-state index contributed by atoms with van der Waals surface area (Å²) in [6.45, 7) is 1.50. The molecule has 0 radical (unpaired) electrons. The van der Waals surface area contributed by atoms with E-state index in [2.05, 4.69) is 9.88 Å². The lowest BCUT2D eigenvalue weighted by Gasteiger charge is -2.25. The van der Waals surface area contributed by atoms with Crippen molar-refractivity contribution < 1.29 is 14.6 Å². The van der Waals surface area contributed by atoms with Crippen molar-refractivity contribution in [3.63, 3.8) is 0 Å². The number of nitrogens with zero attached hydrogens (tertiary/aromatic N) is 3. The number of methoxy groups -OCH3 is 1. The fraction of sp³-hybridized carbons (Fsp3) is 0.412. The third kappa shape index (κ3) is 2.67. The molecule has 1 aromatic carbocycles. The zero-order valence-corrected chi connectivity index (χ0v) is 15.3. The van der Waals surface area contributed by atoms with Crippen LogP contribution < -0.4 is 9.64 Å². The van der Waals surface area contributed by atoms with Crippen LogP contribution in [0.25, 0.3) is 0 Å². The molecular formula is C17H18ClN3O3S. The Morgan fingerprint density at radius 1 is 1.48 bits per heavy atom. The first-order chi connectivity index (χ1) is 12.1. The van der Waals surface area contributed by atoms with Gasteiger partial charge in [0.15, 0.2) is 10.2 Å². The average Bonchev–Trinajstić information content (AvgIpc) is 3.33. The van der Waals surface area contributed by atoms with Gasteiger partial charge in [-0.05, 0) is 30.2 Å². The minimum Gasteiger partial charge on any atom is -0.486 e. The number of aliphatic hydroxyl groups excluding tert-OH is 1. The predicted molar refractivity (Wildman–Crippen MR) is 97.1 cm³/mol. The number of halogens is 1. The van der Waals surface area contributed by atoms with Crippen LogP contribution in [-0.2, 0) is 10.2 Å². The van der Waals surface area contributed by atoms with Gasteiger partial charge in [-0.1, -0.05) is 22.9 Å². The van der Waals surface area contributed by atoms with Crippen LogP contribution in [0.4, 0.5) is 10.8 Å². The number of rotatable bonds is 3. The molecule has 0 saturated carbocycles. The molecule has 2 aromatic rings. The van der Waals surface area contributed by atoms with Crippen LogP contribution in [0, 0.1) is 0 Å². The average molecular weight is 380 g/mol. The lowest BCUT2D eigenvalue weighted by atomic mass is 9.81. The molecular weight excluding hydrogens is 362 g/mol. The molecule has 25 heavy (non-hydrogen) atoms. The minimum atomic E-state index is -0.453. The molecule has 0 bridgehead atoms. The molecule has 6 nitrogen and oxygen atoms in total. The number of carbonyl (C=O) groups excluding carboxylic acids is 1. The van der Waals surface area contributed by atoms with Crippen molar-refractivity contribution in [3.05, 3.63) is 35.0 Å². The lowest BCUT2D eigenvalue weighted by Crippen LogP contribution is -2.38. The highest BCUT2D eigenvalue weighted by Crippen LogP contribution is 2.50. The fourth-order valence-electron chi connectivity index (χ4n) is 3.82. The van der Waals surface area contributed by atoms with Crippen LogP contribution >= 0.6 is 22.9 Å². The van der Waals surface area contributed by atoms with Gasteiger partial charge in [0.25, 0.3) is 0 Å². The number of amides is 1. The van der Waals surface area contributed by atoms with Gasteiger partial charge in [0.1, 0.15) is 6.61 Å². The SMILES string of the molecule is COc1cnc(N2CC3(CCN(C(=O)CO)C3)c3cc(Cl)ccc32)s1. The van der Waals surface area contributed by atoms with Gasteiger partial charge in [-0.3, -0.25) is 4.79 Å². The van der Waals surface area contributed by atoms with E-state index in [9.17, 15) is 9.90 Å². The van der Waals surface area contributed by atoms with Crippen molar-refractivity contribution in [1.29, 1.82) is 0 Å². The standard InChI is InChI=1S/C17H18ClN3O3S/c1-24-15-7-19-16(25-15)21-10-17(4-5-20(9-17)14(23)8-22)12-6-11(18)2-3-13(12)21/h2-3,6-7,22H,4-5,8-10H2,1H3. The third-order valence-corrected chi connectivity index (χ3v) is 6.24. The van der Waals surface area contributed by atoms with Gasteiger partial charge in [-0.25, -0.2) is 4.98 Å². The van der Waals surface area contributed by atoms with Gasteiger partial charge in [0.2, 0.25) is 5.91 Å². The summed E-state index contributed by atoms with van der Waals surface area (Å²) < 4.78 is 5.27. The zero-order chi connectivity index (χ0) is 17.6. The molecule has 1 saturated heterocycles. The molecule has 132 valence electrons. The van der Waals surface area contributed by atoms with Gasteiger partial charge >= 0.3 is 0 Å². The second-order valence-electron chi connectivity index (χ2n) is 6.42. The van der Waals surface area contributed by atoms with Crippen molar-refractivity contribution >= 4 is 39.7 Å². The Balaban J connectivity index is 1.74. The highest BCUT2D eigenvalue weighted by Gasteiger charge is 2.49. The Labute approximate surface area is 154 Å². The molecule has 1 atom stereocenters. The first kappa shape index (κ1) is 16.6. The first-order valence-electron chi connectivity index (χ1n) is 8.02. The largest absolute Gasteiger partial charge is 0.486 e. The van der Waals surface area contributed by atoms with E-state index in [1.54, 1.807) is 18.2 Å². The van der Waals surface area contributed by atoms with Crippen LogP contribution in [0.2, 0.25) is 5.02 Å². The summed E-state index contributed by atoms with van der Waals surface area (Å²) in [5, 5.41) is 11.5. The van der Waals surface area contributed by atoms with Crippen molar-refractivity contribution in [1.82, 2.24) is 9.88 Å². The van der Waals surface area contributed by atoms with Crippen molar-refractivity contribution in [2.75, 3.05) is 38.3 Å². The Bertz CT molecular complexity index is 827. The number of thiazole rings is 1. The highest BCUT2D eigenvalue weighted by molar-refractivity contribution is 7.17. The van der Waals surface area contributed by atoms with E-state index in [0.717, 1.165) is 34.4 Å². The van der Waals surface area contributed by atoms with Crippen LogP contribution in [0.3, 0.4) is 0 Å². The van der Waals surface area contributed by atoms with Gasteiger partial charge in [-0.15, -0.1) is 0 Å². The predicted octanol–water partition coefficient (Wildman–Crippen LogP) is 2.42. The van der Waals surface area contributed by atoms with Gasteiger partial charge < -0.3 is 19.6 Å². The van der Waals surface area contributed by atoms with Crippen molar-refractivity contribution in [2.24, 2.45) is 0 Å². The third-order valence-electron chi connectivity index (χ3n) is 5.03. The van der Waals surface area contributed by atoms with E-state index >= 15 is 0 Å². The quantitative estimate of drug-likeness (QED) is 0.887. The molecule has 1 N–H and O–H groups in total. The Hall–Kier alpha value is -1.83. The summed E-state index contributed by atoms with van der Waals surface area (Å²) in [6.07, 6.45) is 2.56. The molecule has 1 spiro atoms. The maximum atomic E-state index is 11.9. The maximum Gasteiger partial charge on any atom is 0.248 e. The van der Waals surface area contributed by atoms with Crippen LogP contribution in [0.5, 0.6) is 5.06 Å². The number of ether oxygens (including phenoxy) is 1. The fourth-order valence-corrected chi connectivity index (χ4v) is 4.74. The monoisotopic (exact) mass is 379 g/mol. The molecule has 2 aliphatic heterocycles. The highest BCUT2D eigenvalue weighted by atomic mass is 35.5. The molecule has 1 unspecified atom stereocenters. The summed E-state index contributed by atoms with van der Waals surface area (Å²) in [6, 6.07) is 5.88. The van der Waals surface area contributed by atoms with Crippen LogP contribution in [-0.4, -0.2) is 54.2 Å². The number of fused-ring (bicyclic) bond motifs is 2. The normalized spacial score (nSPS) is 21.9. The number of aromatic nitrogens is 1. The van der Waals surface area contributed by atoms with Crippen LogP contribution in [0.15, 0.2) is 24.4 Å². The number of hydrogen-bond acceptors (Lipinski definition) is 6. The van der Waals surface area contributed by atoms with E-state index in [-0.39, 0.29) is 11.3 Å². The van der Waals surface area contributed by atoms with E-state index in [0.29, 0.717) is 18.1 Å². The summed E-state index contributed by atoms with van der Waals surface area (Å²) in [5.41, 5.74) is 2.02. The molecule has 3 heterocycles. The Kier molecular flexibility index (Phi) is 4.10. The number of hydrogen-bond donors (Lipinski definition) is 1. The van der Waals surface area contributed by atoms with E-state index in [1.165, 1.54) is 11.3 Å². The van der Waals surface area contributed by atoms with E-state index < -0.39 is 6.61 Å². The maximum absolute atomic E-state index is 11.9. The number of carbonyl (C=O) groups is 1. The summed E-state index contributed by atoms with van der Waals surface area (Å²) in [7, 11) is 1.63. The number of anilines is 2. The van der Waals surface area contributed by atoms with Crippen molar-refractivity contribution in [2.45, 2.75) is 11.8 Å². The summed E-state index contributed by atoms with van der Waals surface area (Å²) in [4.78, 5) is 20.3. The molecule has 0 aliphatic carbocycles. The molecule has 1 fully saturated rings. The molecule has 1 amide bonds. The number of benzene rings is 1. The second kappa shape index (κ2) is 6.16. The molecule has 1 aromatic heterocycles. The number of aliphatic hydroxyl groups is 1. The smallest absolute Gasteiger partial charge is 0.248 e. The van der Waals surface area contributed by atoms with Crippen LogP contribution in [0.1, 0.15) is 12.0 Å². The van der Waals surface area contributed by atoms with Gasteiger partial charge in [0.05, 0.1) is 13.3 Å². The second-order valence-corrected chi connectivity index (χ2v) is 7.83. The topological polar surface area (TPSA) is 65.9 Å². The first-order valence-corrected chi connectivity index (χ1v) is 9.22. The molecule has 2 aliphatic rings. The zero-order valence-electron chi connectivity index (χ0n) is 13.7. The Morgan fingerprint density at radius 2 is 2.32 bits per heavy atom. The lowest BCUT2D eigenvalue weighted by molar-refractivity contribution is -0.133. The minimum absolute atomic E-state index is 0.191. The van der Waals surface area contributed by atoms with Crippen molar-refractivity contribution in [3.8, 4) is 5.06 Å². The molecule has 4 rings (SSSR count). The molecule has 8 heteroatoms. The van der Waals surface area contributed by atoms with E-state index in [4.69, 9.17) is 16.3 Å². The Morgan fingerprint density at radius 3 is 3.04 bits per heavy atom. The van der Waals surface area contributed by atoms with E-state index in [1.807, 2.05) is 18.2 Å². The van der Waals surface area contributed by atoms with Gasteiger partial charge in [-0.2, -0.15) is 0 Å². The summed E-state index contributed by atoms with van der Waals surface area (Å²) >= 11 is 7.75. The van der Waals surface area contributed by atoms with Gasteiger partial charge in [0, 0.05) is 35.8 Å². The number of likely N-dealkylation sites (tertiary alicyclic amines) is 1.